The molecule has 0 saturated heterocycles. The molecular weight excluding hydrogens is 440 g/mol. The van der Waals surface area contributed by atoms with Crippen molar-refractivity contribution >= 4 is 11.7 Å². The topological polar surface area (TPSA) is 79.7 Å². The second-order valence-electron chi connectivity index (χ2n) is 9.14. The standard InChI is InChI=1S/C29H30N2O4/c1-20(2)19-35-24-10-6-9-23(17-24)27-26(25(32)12-11-21-7-4-3-5-8-21)28(33)29(34)31(27)18-22-13-15-30-16-14-22/h3-10,13-17,20,27,33H,11-12,18-19H2,1-2H3. The van der Waals surface area contributed by atoms with Gasteiger partial charge in [0.15, 0.2) is 11.5 Å². The van der Waals surface area contributed by atoms with Crippen LogP contribution in [0, 0.1) is 5.92 Å². The van der Waals surface area contributed by atoms with E-state index in [2.05, 4.69) is 18.8 Å². The zero-order chi connectivity index (χ0) is 24.8. The van der Waals surface area contributed by atoms with E-state index in [1.807, 2.05) is 66.7 Å². The largest absolute Gasteiger partial charge is 0.503 e. The molecule has 0 saturated carbocycles. The number of rotatable bonds is 10. The average molecular weight is 471 g/mol. The number of carbonyl (C=O) groups is 2. The summed E-state index contributed by atoms with van der Waals surface area (Å²) >= 11 is 0. The molecule has 1 atom stereocenters. The Bertz CT molecular complexity index is 1210. The molecule has 0 bridgehead atoms. The van der Waals surface area contributed by atoms with E-state index in [1.165, 1.54) is 0 Å². The fourth-order valence-electron chi connectivity index (χ4n) is 4.21. The highest BCUT2D eigenvalue weighted by Gasteiger charge is 2.43. The highest BCUT2D eigenvalue weighted by molar-refractivity contribution is 6.09. The molecule has 1 aliphatic heterocycles. The van der Waals surface area contributed by atoms with Crippen LogP contribution in [0.25, 0.3) is 0 Å². The van der Waals surface area contributed by atoms with Gasteiger partial charge in [-0.2, -0.15) is 0 Å². The van der Waals surface area contributed by atoms with Gasteiger partial charge in [-0.1, -0.05) is 56.3 Å². The maximum Gasteiger partial charge on any atom is 0.290 e. The monoisotopic (exact) mass is 470 g/mol. The molecule has 1 unspecified atom stereocenters. The van der Waals surface area contributed by atoms with Crippen LogP contribution < -0.4 is 4.74 Å². The minimum absolute atomic E-state index is 0.140. The average Bonchev–Trinajstić information content (AvgIpc) is 3.12. The second-order valence-corrected chi connectivity index (χ2v) is 9.14. The van der Waals surface area contributed by atoms with Gasteiger partial charge in [-0.3, -0.25) is 14.6 Å². The van der Waals surface area contributed by atoms with Crippen LogP contribution in [0.1, 0.15) is 43.0 Å². The summed E-state index contributed by atoms with van der Waals surface area (Å²) < 4.78 is 5.90. The van der Waals surface area contributed by atoms with Crippen LogP contribution >= 0.6 is 0 Å². The molecule has 2 aromatic carbocycles. The van der Waals surface area contributed by atoms with Gasteiger partial charge in [0, 0.05) is 25.4 Å². The lowest BCUT2D eigenvalue weighted by atomic mass is 9.93. The molecule has 6 nitrogen and oxygen atoms in total. The number of nitrogens with zero attached hydrogens (tertiary/aromatic N) is 2. The van der Waals surface area contributed by atoms with Gasteiger partial charge in [0.1, 0.15) is 5.75 Å². The summed E-state index contributed by atoms with van der Waals surface area (Å²) in [5, 5.41) is 10.9. The number of aromatic nitrogens is 1. The third-order valence-electron chi connectivity index (χ3n) is 5.95. The maximum atomic E-state index is 13.4. The van der Waals surface area contributed by atoms with E-state index in [-0.39, 0.29) is 24.3 Å². The van der Waals surface area contributed by atoms with Gasteiger partial charge >= 0.3 is 0 Å². The summed E-state index contributed by atoms with van der Waals surface area (Å²) in [4.78, 5) is 32.2. The van der Waals surface area contributed by atoms with E-state index < -0.39 is 17.7 Å². The van der Waals surface area contributed by atoms with Crippen molar-refractivity contribution in [2.45, 2.75) is 39.3 Å². The molecule has 35 heavy (non-hydrogen) atoms. The lowest BCUT2D eigenvalue weighted by Crippen LogP contribution is -2.30. The molecule has 2 heterocycles. The molecule has 6 heteroatoms. The highest BCUT2D eigenvalue weighted by Crippen LogP contribution is 2.40. The number of benzene rings is 2. The summed E-state index contributed by atoms with van der Waals surface area (Å²) in [5.41, 5.74) is 2.75. The predicted octanol–water partition coefficient (Wildman–Crippen LogP) is 5.21. The molecule has 1 aliphatic rings. The normalized spacial score (nSPS) is 15.7. The molecule has 0 aliphatic carbocycles. The Balaban J connectivity index is 1.66. The minimum Gasteiger partial charge on any atom is -0.503 e. The molecule has 0 fully saturated rings. The van der Waals surface area contributed by atoms with Crippen LogP contribution in [0.4, 0.5) is 0 Å². The number of ether oxygens (including phenoxy) is 1. The van der Waals surface area contributed by atoms with Crippen LogP contribution in [-0.2, 0) is 22.6 Å². The Morgan fingerprint density at radius 1 is 1.03 bits per heavy atom. The van der Waals surface area contributed by atoms with Crippen LogP contribution in [0.2, 0.25) is 0 Å². The van der Waals surface area contributed by atoms with E-state index in [4.69, 9.17) is 4.74 Å². The van der Waals surface area contributed by atoms with Gasteiger partial charge in [-0.15, -0.1) is 0 Å². The fourth-order valence-corrected chi connectivity index (χ4v) is 4.21. The van der Waals surface area contributed by atoms with Gasteiger partial charge in [0.05, 0.1) is 18.2 Å². The van der Waals surface area contributed by atoms with Crippen molar-refractivity contribution in [1.29, 1.82) is 0 Å². The van der Waals surface area contributed by atoms with Crippen molar-refractivity contribution in [1.82, 2.24) is 9.88 Å². The Labute approximate surface area is 205 Å². The van der Waals surface area contributed by atoms with Crippen molar-refractivity contribution in [3.63, 3.8) is 0 Å². The first kappa shape index (κ1) is 24.2. The SMILES string of the molecule is CC(C)COc1cccc(C2C(C(=O)CCc3ccccc3)=C(O)C(=O)N2Cc2ccncc2)c1. The van der Waals surface area contributed by atoms with Gasteiger partial charge in [0.25, 0.3) is 5.91 Å². The van der Waals surface area contributed by atoms with Gasteiger partial charge in [0.2, 0.25) is 0 Å². The third kappa shape index (κ3) is 5.77. The zero-order valence-electron chi connectivity index (χ0n) is 20.1. The van der Waals surface area contributed by atoms with Crippen molar-refractivity contribution in [3.8, 4) is 5.75 Å². The number of aliphatic hydroxyl groups excluding tert-OH is 1. The first-order chi connectivity index (χ1) is 16.9. The van der Waals surface area contributed by atoms with Crippen LogP contribution in [0.3, 0.4) is 0 Å². The molecule has 0 spiro atoms. The van der Waals surface area contributed by atoms with Gasteiger partial charge in [-0.25, -0.2) is 0 Å². The molecular formula is C29H30N2O4. The van der Waals surface area contributed by atoms with Crippen molar-refractivity contribution in [3.05, 3.63) is 107 Å². The molecule has 0 radical (unpaired) electrons. The van der Waals surface area contributed by atoms with Crippen molar-refractivity contribution in [2.24, 2.45) is 5.92 Å². The molecule has 1 aromatic heterocycles. The molecule has 1 amide bonds. The van der Waals surface area contributed by atoms with Gasteiger partial charge < -0.3 is 14.7 Å². The molecule has 1 N–H and O–H groups in total. The summed E-state index contributed by atoms with van der Waals surface area (Å²) in [5.74, 6) is -0.251. The van der Waals surface area contributed by atoms with E-state index in [1.54, 1.807) is 17.3 Å². The molecule has 4 rings (SSSR count). The van der Waals surface area contributed by atoms with E-state index in [0.717, 1.165) is 16.7 Å². The summed E-state index contributed by atoms with van der Waals surface area (Å²) in [7, 11) is 0. The first-order valence-electron chi connectivity index (χ1n) is 11.9. The number of ketones is 1. The second kappa shape index (κ2) is 11.0. The van der Waals surface area contributed by atoms with E-state index in [9.17, 15) is 14.7 Å². The number of aliphatic hydroxyl groups is 1. The van der Waals surface area contributed by atoms with Crippen molar-refractivity contribution < 1.29 is 19.4 Å². The summed E-state index contributed by atoms with van der Waals surface area (Å²) in [6.07, 6.45) is 4.04. The summed E-state index contributed by atoms with van der Waals surface area (Å²) in [6, 6.07) is 20.1. The number of pyridine rings is 1. The predicted molar refractivity (Wildman–Crippen MR) is 134 cm³/mol. The quantitative estimate of drug-likeness (QED) is 0.440. The number of amides is 1. The lowest BCUT2D eigenvalue weighted by Gasteiger charge is -2.27. The highest BCUT2D eigenvalue weighted by atomic mass is 16.5. The Hall–Kier alpha value is -3.93. The number of hydrogen-bond acceptors (Lipinski definition) is 5. The first-order valence-corrected chi connectivity index (χ1v) is 11.9. The lowest BCUT2D eigenvalue weighted by molar-refractivity contribution is -0.130. The van der Waals surface area contributed by atoms with E-state index in [0.29, 0.717) is 24.7 Å². The Kier molecular flexibility index (Phi) is 7.60. The number of hydrogen-bond donors (Lipinski definition) is 1. The van der Waals surface area contributed by atoms with Crippen LogP contribution in [0.15, 0.2) is 90.5 Å². The number of carbonyl (C=O) groups excluding carboxylic acids is 2. The number of Topliss-reactive ketones (excluding diaryl/α,β-unsaturated/α-hetero) is 1. The fraction of sp³-hybridized carbons (Fsp3) is 0.276. The number of aryl methyl sites for hydroxylation is 1. The van der Waals surface area contributed by atoms with Gasteiger partial charge in [-0.05, 0) is 53.3 Å². The zero-order valence-corrected chi connectivity index (χ0v) is 20.1. The van der Waals surface area contributed by atoms with Crippen LogP contribution in [-0.4, -0.2) is 33.3 Å². The molecule has 180 valence electrons. The smallest absolute Gasteiger partial charge is 0.290 e. The Morgan fingerprint density at radius 2 is 1.77 bits per heavy atom. The Morgan fingerprint density at radius 3 is 2.49 bits per heavy atom. The minimum atomic E-state index is -0.707. The van der Waals surface area contributed by atoms with E-state index >= 15 is 0 Å². The summed E-state index contributed by atoms with van der Waals surface area (Å²) in [6.45, 7) is 4.93. The van der Waals surface area contributed by atoms with Crippen molar-refractivity contribution in [2.75, 3.05) is 6.61 Å². The maximum absolute atomic E-state index is 13.4. The van der Waals surface area contributed by atoms with Crippen LogP contribution in [0.5, 0.6) is 5.75 Å². The third-order valence-corrected chi connectivity index (χ3v) is 5.95. The molecule has 3 aromatic rings.